The Hall–Kier alpha value is -3.87. The Labute approximate surface area is 474 Å². The van der Waals surface area contributed by atoms with Crippen LogP contribution in [-0.4, -0.2) is 119 Å². The van der Waals surface area contributed by atoms with Gasteiger partial charge in [0.05, 0.1) is 18.7 Å². The number of para-hydroxylation sites is 2. The van der Waals surface area contributed by atoms with Crippen LogP contribution < -0.4 is 20.9 Å². The molecule has 74 heavy (non-hydrogen) atoms. The van der Waals surface area contributed by atoms with Crippen LogP contribution in [-0.2, 0) is 0 Å². The van der Waals surface area contributed by atoms with E-state index in [0.717, 1.165) is 72.8 Å². The number of phenols is 1. The van der Waals surface area contributed by atoms with Gasteiger partial charge in [0.15, 0.2) is 0 Å². The number of benzene rings is 5. The number of nitrogens with zero attached hydrogens (tertiary/aromatic N) is 4. The van der Waals surface area contributed by atoms with E-state index in [9.17, 15) is 0 Å². The minimum absolute atomic E-state index is 0.281. The van der Waals surface area contributed by atoms with Gasteiger partial charge >= 0.3 is 0 Å². The van der Waals surface area contributed by atoms with Crippen molar-refractivity contribution in [2.45, 2.75) is 95.6 Å². The summed E-state index contributed by atoms with van der Waals surface area (Å²) in [5, 5.41) is 11.3. The number of rotatable bonds is 14. The molecule has 4 aliphatic rings. The van der Waals surface area contributed by atoms with Gasteiger partial charge in [0.25, 0.3) is 0 Å². The zero-order valence-corrected chi connectivity index (χ0v) is 48.6. The number of aromatic amines is 1. The van der Waals surface area contributed by atoms with Gasteiger partial charge in [-0.05, 0) is 269 Å². The fraction of sp³-hybridized carbons (Fsp3) is 0.443. The topological polar surface area (TPSA) is 121 Å². The van der Waals surface area contributed by atoms with E-state index >= 15 is 0 Å². The Kier molecular flexibility index (Phi) is 27.9. The molecule has 2 aromatic heterocycles. The van der Waals surface area contributed by atoms with Crippen LogP contribution in [0.1, 0.15) is 83.5 Å². The first kappa shape index (κ1) is 59.4. The van der Waals surface area contributed by atoms with Gasteiger partial charge in [0.2, 0.25) is 0 Å². The lowest BCUT2D eigenvalue weighted by Gasteiger charge is -2.24. The summed E-state index contributed by atoms with van der Waals surface area (Å²) >= 11 is 10.0. The van der Waals surface area contributed by atoms with Crippen LogP contribution in [0.4, 0.5) is 0 Å². The molecule has 6 N–H and O–H groups in total. The maximum absolute atomic E-state index is 8.75. The molecule has 0 bridgehead atoms. The van der Waals surface area contributed by atoms with Crippen molar-refractivity contribution in [3.05, 3.63) is 153 Å². The maximum Gasteiger partial charge on any atom is 0.119 e. The van der Waals surface area contributed by atoms with Crippen molar-refractivity contribution in [3.8, 4) is 22.9 Å². The van der Waals surface area contributed by atoms with E-state index < -0.39 is 0 Å². The summed E-state index contributed by atoms with van der Waals surface area (Å²) in [6.07, 6.45) is 20.5. The van der Waals surface area contributed by atoms with E-state index in [4.69, 9.17) is 37.6 Å². The van der Waals surface area contributed by atoms with Crippen molar-refractivity contribution >= 4 is 78.6 Å². The number of hydrogen-bond donors (Lipinski definition) is 4. The van der Waals surface area contributed by atoms with Crippen LogP contribution in [0.2, 0.25) is 0 Å². The third-order valence-corrected chi connectivity index (χ3v) is 15.4. The van der Waals surface area contributed by atoms with Gasteiger partial charge < -0.3 is 50.3 Å². The Morgan fingerprint density at radius 3 is 1.47 bits per heavy atom. The molecule has 3 aliphatic heterocycles. The number of fused-ring (bicyclic) bond motifs is 2. The highest BCUT2D eigenvalue weighted by molar-refractivity contribution is 14.1. The molecule has 2 atom stereocenters. The van der Waals surface area contributed by atoms with E-state index in [-0.39, 0.29) is 12.1 Å². The fourth-order valence-corrected chi connectivity index (χ4v) is 10.3. The van der Waals surface area contributed by atoms with Gasteiger partial charge in [-0.25, -0.2) is 0 Å². The second-order valence-electron chi connectivity index (χ2n) is 19.4. The van der Waals surface area contributed by atoms with Crippen molar-refractivity contribution in [3.63, 3.8) is 0 Å². The van der Waals surface area contributed by atoms with Crippen LogP contribution in [0, 0.1) is 7.14 Å². The molecule has 0 radical (unpaired) electrons. The molecule has 1 aliphatic carbocycles. The highest BCUT2D eigenvalue weighted by Gasteiger charge is 2.17. The number of alkyl halides is 1. The number of nitrogens with one attached hydrogen (secondary N) is 1. The molecule has 0 spiro atoms. The highest BCUT2D eigenvalue weighted by Crippen LogP contribution is 2.23. The molecule has 3 saturated heterocycles. The monoisotopic (exact) mass is 1250 g/mol. The van der Waals surface area contributed by atoms with Crippen molar-refractivity contribution in [1.29, 1.82) is 0 Å². The summed E-state index contributed by atoms with van der Waals surface area (Å²) < 4.78 is 16.2. The summed E-state index contributed by atoms with van der Waals surface area (Å²) in [4.78, 5) is 10.7. The van der Waals surface area contributed by atoms with Crippen LogP contribution in [0.5, 0.6) is 17.2 Å². The largest absolute Gasteiger partial charge is 0.508 e. The third kappa shape index (κ3) is 22.4. The predicted octanol–water partition coefficient (Wildman–Crippen LogP) is 13.7. The van der Waals surface area contributed by atoms with Crippen LogP contribution in [0.15, 0.2) is 146 Å². The summed E-state index contributed by atoms with van der Waals surface area (Å²) in [6, 6.07) is 45.1. The number of ether oxygens (including phenoxy) is 2. The number of nitrogens with two attached hydrogens (primary N) is 2. The fourth-order valence-electron chi connectivity index (χ4n) is 9.42. The van der Waals surface area contributed by atoms with Gasteiger partial charge in [-0.1, -0.05) is 49.2 Å². The number of aromatic hydroxyl groups is 1. The molecular formula is C61H82ClI2N7O3. The van der Waals surface area contributed by atoms with E-state index in [2.05, 4.69) is 161 Å². The van der Waals surface area contributed by atoms with Gasteiger partial charge in [-0.2, -0.15) is 0 Å². The Balaban J connectivity index is 0.000000154. The van der Waals surface area contributed by atoms with E-state index in [1.165, 1.54) is 135 Å². The summed E-state index contributed by atoms with van der Waals surface area (Å²) in [7, 11) is 0. The first-order valence-corrected chi connectivity index (χ1v) is 29.8. The average Bonchev–Trinajstić information content (AvgIpc) is 4.31. The van der Waals surface area contributed by atoms with Crippen LogP contribution >= 0.6 is 56.8 Å². The molecule has 1 saturated carbocycles. The molecule has 11 rings (SSSR count). The van der Waals surface area contributed by atoms with Gasteiger partial charge in [0.1, 0.15) is 17.2 Å². The summed E-state index contributed by atoms with van der Waals surface area (Å²) in [5.41, 5.74) is 14.9. The third-order valence-electron chi connectivity index (χ3n) is 13.7. The van der Waals surface area contributed by atoms with Crippen LogP contribution in [0.25, 0.3) is 27.5 Å². The van der Waals surface area contributed by atoms with E-state index in [1.54, 1.807) is 12.1 Å². The average molecular weight is 1250 g/mol. The lowest BCUT2D eigenvalue weighted by atomic mass is 9.92. The second-order valence-corrected chi connectivity index (χ2v) is 22.3. The first-order chi connectivity index (χ1) is 36.2. The second kappa shape index (κ2) is 34.7. The Morgan fingerprint density at radius 1 is 0.527 bits per heavy atom. The molecule has 0 unspecified atom stereocenters. The van der Waals surface area contributed by atoms with Gasteiger partial charge in [-0.3, -0.25) is 0 Å². The smallest absolute Gasteiger partial charge is 0.119 e. The predicted molar refractivity (Wildman–Crippen MR) is 329 cm³/mol. The van der Waals surface area contributed by atoms with Crippen molar-refractivity contribution in [2.24, 2.45) is 11.5 Å². The lowest BCUT2D eigenvalue weighted by Crippen LogP contribution is -2.43. The molecule has 400 valence electrons. The van der Waals surface area contributed by atoms with Gasteiger partial charge in [0, 0.05) is 61.8 Å². The zero-order valence-electron chi connectivity index (χ0n) is 43.5. The summed E-state index contributed by atoms with van der Waals surface area (Å²) in [5.74, 6) is 3.08. The molecule has 5 heterocycles. The van der Waals surface area contributed by atoms with Crippen molar-refractivity contribution in [2.75, 3.05) is 78.0 Å². The number of aromatic nitrogens is 2. The molecule has 0 amide bonds. The number of phenolic OH excluding ortho intramolecular Hbond substituents is 1. The molecule has 7 aromatic rings. The number of hydrogen-bond acceptors (Lipinski definition) is 8. The van der Waals surface area contributed by atoms with E-state index in [1.807, 2.05) is 42.6 Å². The van der Waals surface area contributed by atoms with Gasteiger partial charge in [-0.15, -0.1) is 11.6 Å². The molecule has 10 nitrogen and oxygen atoms in total. The summed E-state index contributed by atoms with van der Waals surface area (Å²) in [6.45, 7) is 12.9. The maximum atomic E-state index is 8.75. The molecule has 5 aromatic carbocycles. The highest BCUT2D eigenvalue weighted by atomic mass is 127. The number of likely N-dealkylation sites (tertiary alicyclic amines) is 3. The van der Waals surface area contributed by atoms with E-state index in [0.29, 0.717) is 5.75 Å². The van der Waals surface area contributed by atoms with Crippen molar-refractivity contribution < 1.29 is 14.6 Å². The Morgan fingerprint density at radius 2 is 0.986 bits per heavy atom. The number of H-pyrrole nitrogens is 1. The number of halogens is 3. The minimum Gasteiger partial charge on any atom is -0.508 e. The normalized spacial score (nSPS) is 17.6. The molecule has 13 heteroatoms. The standard InChI is InChI=1S/C21H24N2O.C13H18INO.C8H7N.C7H14ClN.C6H5IO.C6H14N2/c1-2-7-21-18(6-1)12-16-23(21)19-8-10-20(11-9-19)24-17-5-15-22-13-3-4-14-22;14-12-4-6-13(7-5-12)16-11-3-10-15-8-1-2-9-15;1-2-4-8-7(3-1)5-6-9-8;8-4-3-7-9-5-1-2-6-9;7-5-1-3-6(8)4-2-5;7-5-3-1-2-4-6(5)8/h1-2,6-12,16H,3-5,13-15,17H2;4-7H,1-3,8-11H2;1-6,9H;1-7H2;1-4,8H;5-6H,1-4,7-8H2/t;;;;;5-,6-/m.....1/s1. The quantitative estimate of drug-likeness (QED) is 0.0483. The molecular weight excluding hydrogens is 1170 g/mol. The zero-order chi connectivity index (χ0) is 52.0. The van der Waals surface area contributed by atoms with Crippen molar-refractivity contribution in [1.82, 2.24) is 24.3 Å². The minimum atomic E-state index is 0.281. The lowest BCUT2D eigenvalue weighted by molar-refractivity contribution is 0.263. The SMILES string of the molecule is ClCCCN1CCCC1.Ic1ccc(OCCCN2CCCC2)cc1.N[C@@H]1CCCC[C@H]1N.Oc1ccc(I)cc1.c1ccc2[nH]ccc2c1.c1ccc2c(c1)ccn2-c1ccc(OCCCN2CCCC2)cc1. The first-order valence-electron chi connectivity index (χ1n) is 27.1. The van der Waals surface area contributed by atoms with Crippen LogP contribution in [0.3, 0.4) is 0 Å². The molecule has 4 fully saturated rings. The Bertz CT molecular complexity index is 2460.